The largest absolute Gasteiger partial charge is 0.508 e. The molecule has 9 heteroatoms. The number of carboxylic acid groups (broad SMARTS) is 2. The minimum absolute atomic E-state index is 0.146. The average molecular weight is 317 g/mol. The molecule has 0 aliphatic heterocycles. The number of aliphatic hydroxyl groups is 3. The second kappa shape index (κ2) is 8.95. The lowest BCUT2D eigenvalue weighted by atomic mass is 10.0. The molecule has 22 heavy (non-hydrogen) atoms. The molecule has 0 bridgehead atoms. The molecule has 1 rings (SSSR count). The Balaban J connectivity index is 0.000000409. The number of carbonyl (C=O) groups is 2. The molecule has 0 aliphatic carbocycles. The van der Waals surface area contributed by atoms with E-state index in [1.807, 2.05) is 0 Å². The summed E-state index contributed by atoms with van der Waals surface area (Å²) in [5.41, 5.74) is 6.13. The summed E-state index contributed by atoms with van der Waals surface area (Å²) in [5, 5.41) is 51.1. The van der Waals surface area contributed by atoms with E-state index >= 15 is 0 Å². The van der Waals surface area contributed by atoms with Crippen molar-refractivity contribution in [2.24, 2.45) is 5.73 Å². The molecule has 0 saturated carbocycles. The highest BCUT2D eigenvalue weighted by atomic mass is 16.4. The van der Waals surface area contributed by atoms with Gasteiger partial charge in [0.05, 0.1) is 6.10 Å². The first kappa shape index (κ1) is 19.8. The molecule has 0 saturated heterocycles. The molecule has 2 unspecified atom stereocenters. The Hall–Kier alpha value is -2.20. The topological polar surface area (TPSA) is 182 Å². The van der Waals surface area contributed by atoms with Crippen LogP contribution in [0.5, 0.6) is 5.75 Å². The fourth-order valence-electron chi connectivity index (χ4n) is 1.28. The van der Waals surface area contributed by atoms with Crippen LogP contribution in [-0.2, 0) is 9.59 Å². The molecular weight excluding hydrogens is 298 g/mol. The van der Waals surface area contributed by atoms with Gasteiger partial charge in [-0.25, -0.2) is 9.59 Å². The molecular formula is C13H19NO8. The molecule has 0 aromatic heterocycles. The van der Waals surface area contributed by atoms with Crippen LogP contribution >= 0.6 is 0 Å². The minimum Gasteiger partial charge on any atom is -0.508 e. The first-order valence-electron chi connectivity index (χ1n) is 6.12. The van der Waals surface area contributed by atoms with Gasteiger partial charge in [0.15, 0.2) is 12.2 Å². The lowest BCUT2D eigenvalue weighted by molar-refractivity contribution is -0.165. The second-order valence-electron chi connectivity index (χ2n) is 4.47. The number of hydrogen-bond donors (Lipinski definition) is 7. The molecule has 1 aromatic rings. The van der Waals surface area contributed by atoms with E-state index in [0.717, 1.165) is 0 Å². The van der Waals surface area contributed by atoms with Crippen molar-refractivity contribution in [3.05, 3.63) is 29.8 Å². The normalized spacial score (nSPS) is 15.7. The zero-order valence-electron chi connectivity index (χ0n) is 11.7. The Morgan fingerprint density at radius 2 is 1.50 bits per heavy atom. The molecule has 0 spiro atoms. The molecule has 0 heterocycles. The van der Waals surface area contributed by atoms with Gasteiger partial charge in [0.25, 0.3) is 0 Å². The summed E-state index contributed by atoms with van der Waals surface area (Å²) in [6, 6.07) is 6.14. The summed E-state index contributed by atoms with van der Waals surface area (Å²) < 4.78 is 0. The molecule has 124 valence electrons. The number of aliphatic carboxylic acids is 2. The van der Waals surface area contributed by atoms with E-state index in [1.54, 1.807) is 25.1 Å². The maximum absolute atomic E-state index is 9.77. The Kier molecular flexibility index (Phi) is 8.05. The third kappa shape index (κ3) is 6.50. The van der Waals surface area contributed by atoms with Crippen LogP contribution in [0.2, 0.25) is 0 Å². The number of aromatic hydroxyl groups is 1. The zero-order valence-corrected chi connectivity index (χ0v) is 11.7. The first-order chi connectivity index (χ1) is 10.1. The smallest absolute Gasteiger partial charge is 0.335 e. The third-order valence-corrected chi connectivity index (χ3v) is 2.51. The lowest BCUT2D eigenvalue weighted by Crippen LogP contribution is -2.39. The third-order valence-electron chi connectivity index (χ3n) is 2.51. The molecule has 0 aliphatic rings. The van der Waals surface area contributed by atoms with E-state index in [2.05, 4.69) is 0 Å². The summed E-state index contributed by atoms with van der Waals surface area (Å²) in [7, 11) is 0. The van der Waals surface area contributed by atoms with E-state index in [9.17, 15) is 14.7 Å². The predicted molar refractivity (Wildman–Crippen MR) is 74.0 cm³/mol. The number of aliphatic hydroxyl groups excluding tert-OH is 3. The number of phenols is 1. The Labute approximate surface area is 125 Å². The standard InChI is InChI=1S/C9H13NO2.C4H6O6/c1-6(10)9(12)7-3-2-4-8(11)5-7;5-1(3(7)8)2(6)4(9)10/h2-6,9,11-12H,10H2,1H3;1-2,5-6H,(H,7,8)(H,9,10)/t;1-,2-/m.0/s1. The summed E-state index contributed by atoms with van der Waals surface area (Å²) in [4.78, 5) is 19.5. The van der Waals surface area contributed by atoms with Crippen molar-refractivity contribution in [3.63, 3.8) is 0 Å². The van der Waals surface area contributed by atoms with Gasteiger partial charge in [-0.3, -0.25) is 0 Å². The fourth-order valence-corrected chi connectivity index (χ4v) is 1.28. The maximum atomic E-state index is 9.77. The van der Waals surface area contributed by atoms with E-state index in [1.165, 1.54) is 6.07 Å². The van der Waals surface area contributed by atoms with Crippen molar-refractivity contribution in [1.29, 1.82) is 0 Å². The van der Waals surface area contributed by atoms with Crippen molar-refractivity contribution in [2.75, 3.05) is 0 Å². The molecule has 9 nitrogen and oxygen atoms in total. The Morgan fingerprint density at radius 1 is 1.05 bits per heavy atom. The van der Waals surface area contributed by atoms with Crippen LogP contribution in [0.1, 0.15) is 18.6 Å². The Bertz CT molecular complexity index is 487. The average Bonchev–Trinajstić information content (AvgIpc) is 2.45. The summed E-state index contributed by atoms with van der Waals surface area (Å²) in [6.07, 6.45) is -5.24. The van der Waals surface area contributed by atoms with Crippen molar-refractivity contribution < 1.29 is 40.2 Å². The highest BCUT2D eigenvalue weighted by Gasteiger charge is 2.29. The van der Waals surface area contributed by atoms with Gasteiger partial charge in [-0.05, 0) is 24.6 Å². The van der Waals surface area contributed by atoms with Crippen molar-refractivity contribution in [2.45, 2.75) is 31.3 Å². The van der Waals surface area contributed by atoms with Crippen LogP contribution in [0.3, 0.4) is 0 Å². The van der Waals surface area contributed by atoms with Crippen LogP contribution < -0.4 is 5.73 Å². The zero-order chi connectivity index (χ0) is 17.4. The van der Waals surface area contributed by atoms with Gasteiger partial charge in [0, 0.05) is 6.04 Å². The molecule has 0 fully saturated rings. The number of phenolic OH excluding ortho intramolecular Hbond substituents is 1. The Morgan fingerprint density at radius 3 is 1.82 bits per heavy atom. The molecule has 0 radical (unpaired) electrons. The van der Waals surface area contributed by atoms with Gasteiger partial charge in [-0.15, -0.1) is 0 Å². The van der Waals surface area contributed by atoms with E-state index in [4.69, 9.17) is 31.3 Å². The van der Waals surface area contributed by atoms with Gasteiger partial charge >= 0.3 is 11.9 Å². The van der Waals surface area contributed by atoms with Crippen molar-refractivity contribution in [3.8, 4) is 5.75 Å². The first-order valence-corrected chi connectivity index (χ1v) is 6.12. The van der Waals surface area contributed by atoms with Gasteiger partial charge in [0.2, 0.25) is 0 Å². The van der Waals surface area contributed by atoms with Gasteiger partial charge in [-0.2, -0.15) is 0 Å². The van der Waals surface area contributed by atoms with E-state index in [0.29, 0.717) is 5.56 Å². The van der Waals surface area contributed by atoms with Crippen LogP contribution in [0, 0.1) is 0 Å². The van der Waals surface area contributed by atoms with Gasteiger partial charge in [0.1, 0.15) is 5.75 Å². The number of nitrogens with two attached hydrogens (primary N) is 1. The fraction of sp³-hybridized carbons (Fsp3) is 0.385. The van der Waals surface area contributed by atoms with Gasteiger partial charge in [-0.1, -0.05) is 12.1 Å². The van der Waals surface area contributed by atoms with Crippen LogP contribution in [0.4, 0.5) is 0 Å². The van der Waals surface area contributed by atoms with E-state index in [-0.39, 0.29) is 11.8 Å². The summed E-state index contributed by atoms with van der Waals surface area (Å²) >= 11 is 0. The highest BCUT2D eigenvalue weighted by Crippen LogP contribution is 2.19. The SMILES string of the molecule is CC(N)C(O)c1cccc(O)c1.O=C(O)[C@@H](O)[C@H](O)C(=O)O. The quantitative estimate of drug-likeness (QED) is 0.345. The second-order valence-corrected chi connectivity index (χ2v) is 4.47. The number of hydrogen-bond acceptors (Lipinski definition) is 7. The monoisotopic (exact) mass is 317 g/mol. The number of rotatable bonds is 5. The maximum Gasteiger partial charge on any atom is 0.335 e. The highest BCUT2D eigenvalue weighted by molar-refractivity contribution is 5.83. The van der Waals surface area contributed by atoms with Crippen LogP contribution in [0.25, 0.3) is 0 Å². The number of benzene rings is 1. The molecule has 8 N–H and O–H groups in total. The number of carboxylic acids is 2. The van der Waals surface area contributed by atoms with Crippen LogP contribution in [0.15, 0.2) is 24.3 Å². The van der Waals surface area contributed by atoms with Crippen molar-refractivity contribution in [1.82, 2.24) is 0 Å². The van der Waals surface area contributed by atoms with Gasteiger partial charge < -0.3 is 36.4 Å². The molecule has 1 aromatic carbocycles. The molecule has 4 atom stereocenters. The predicted octanol–water partition coefficient (Wildman–Crippen LogP) is -1.35. The lowest BCUT2D eigenvalue weighted by Gasteiger charge is -2.14. The molecule has 0 amide bonds. The van der Waals surface area contributed by atoms with Crippen LogP contribution in [-0.4, -0.2) is 60.8 Å². The van der Waals surface area contributed by atoms with E-state index < -0.39 is 30.3 Å². The van der Waals surface area contributed by atoms with Crippen molar-refractivity contribution >= 4 is 11.9 Å². The summed E-state index contributed by atoms with van der Waals surface area (Å²) in [6.45, 7) is 1.72. The summed E-state index contributed by atoms with van der Waals surface area (Å²) in [5.74, 6) is -3.39. The minimum atomic E-state index is -2.27.